The van der Waals surface area contributed by atoms with Gasteiger partial charge in [0.1, 0.15) is 13.3 Å². The van der Waals surface area contributed by atoms with Gasteiger partial charge in [-0.1, -0.05) is 30.3 Å². The number of carbonyl (C=O) groups is 2. The highest BCUT2D eigenvalue weighted by molar-refractivity contribution is 5.81. The molecule has 2 aromatic rings. The van der Waals surface area contributed by atoms with Crippen molar-refractivity contribution in [2.24, 2.45) is 0 Å². The van der Waals surface area contributed by atoms with E-state index in [2.05, 4.69) is 10.6 Å². The molecule has 0 saturated carbocycles. The third kappa shape index (κ3) is 7.09. The number of hydrogen-bond acceptors (Lipinski definition) is 5. The largest absolute Gasteiger partial charge is 0.447 e. The maximum Gasteiger partial charge on any atom is 0.416 e. The summed E-state index contributed by atoms with van der Waals surface area (Å²) in [5.41, 5.74) is 1.83. The molecule has 196 valence electrons. The Morgan fingerprint density at radius 1 is 1.14 bits per heavy atom. The molecule has 0 aliphatic carbocycles. The monoisotopic (exact) mass is 510 g/mol. The SMILES string of the molecule is CNCCN(Cc1ccccc1C(F)(F)F)C(=O)CNc1cccc2c1CCN(C(=O)OCCF)C2. The van der Waals surface area contributed by atoms with Crippen LogP contribution in [-0.4, -0.2) is 68.3 Å². The van der Waals surface area contributed by atoms with Crippen molar-refractivity contribution in [3.8, 4) is 0 Å². The molecular weight excluding hydrogens is 480 g/mol. The predicted octanol–water partition coefficient (Wildman–Crippen LogP) is 3.83. The van der Waals surface area contributed by atoms with Crippen LogP contribution in [0, 0.1) is 0 Å². The fourth-order valence-electron chi connectivity index (χ4n) is 4.11. The lowest BCUT2D eigenvalue weighted by Gasteiger charge is -2.30. The minimum absolute atomic E-state index is 0.0336. The number of nitrogens with one attached hydrogen (secondary N) is 2. The van der Waals surface area contributed by atoms with Gasteiger partial charge in [-0.25, -0.2) is 9.18 Å². The lowest BCUT2D eigenvalue weighted by atomic mass is 9.98. The van der Waals surface area contributed by atoms with Crippen LogP contribution in [0.1, 0.15) is 22.3 Å². The number of amides is 2. The van der Waals surface area contributed by atoms with Gasteiger partial charge < -0.3 is 25.2 Å². The first-order valence-corrected chi connectivity index (χ1v) is 11.6. The van der Waals surface area contributed by atoms with E-state index in [1.165, 1.54) is 28.0 Å². The summed E-state index contributed by atoms with van der Waals surface area (Å²) in [5.74, 6) is -0.341. The van der Waals surface area contributed by atoms with Gasteiger partial charge in [0, 0.05) is 38.4 Å². The second-order valence-electron chi connectivity index (χ2n) is 8.35. The van der Waals surface area contributed by atoms with Crippen LogP contribution in [0.15, 0.2) is 42.5 Å². The molecule has 3 rings (SSSR count). The molecule has 0 aromatic heterocycles. The van der Waals surface area contributed by atoms with Crippen LogP contribution in [-0.2, 0) is 35.2 Å². The third-order valence-corrected chi connectivity index (χ3v) is 5.93. The zero-order chi connectivity index (χ0) is 26.1. The molecule has 0 unspecified atom stereocenters. The van der Waals surface area contributed by atoms with E-state index in [-0.39, 0.29) is 37.7 Å². The van der Waals surface area contributed by atoms with Crippen molar-refractivity contribution >= 4 is 17.7 Å². The van der Waals surface area contributed by atoms with Crippen LogP contribution in [0.3, 0.4) is 0 Å². The summed E-state index contributed by atoms with van der Waals surface area (Å²) >= 11 is 0. The molecular formula is C25H30F4N4O3. The molecule has 0 saturated heterocycles. The first kappa shape index (κ1) is 27.3. The normalized spacial score (nSPS) is 13.2. The maximum absolute atomic E-state index is 13.4. The Morgan fingerprint density at radius 3 is 2.64 bits per heavy atom. The zero-order valence-electron chi connectivity index (χ0n) is 20.0. The third-order valence-electron chi connectivity index (χ3n) is 5.93. The Labute approximate surface area is 207 Å². The average molecular weight is 511 g/mol. The summed E-state index contributed by atoms with van der Waals surface area (Å²) in [6.07, 6.45) is -4.58. The molecule has 2 N–H and O–H groups in total. The van der Waals surface area contributed by atoms with Gasteiger partial charge in [-0.2, -0.15) is 13.2 Å². The van der Waals surface area contributed by atoms with Crippen molar-refractivity contribution < 1.29 is 31.9 Å². The molecule has 0 radical (unpaired) electrons. The minimum Gasteiger partial charge on any atom is -0.447 e. The van der Waals surface area contributed by atoms with Crippen LogP contribution in [0.4, 0.5) is 28.0 Å². The Bertz CT molecular complexity index is 1050. The zero-order valence-corrected chi connectivity index (χ0v) is 20.0. The molecule has 0 spiro atoms. The number of alkyl halides is 4. The summed E-state index contributed by atoms with van der Waals surface area (Å²) in [4.78, 5) is 28.0. The van der Waals surface area contributed by atoms with Gasteiger partial charge in [-0.15, -0.1) is 0 Å². The van der Waals surface area contributed by atoms with Crippen molar-refractivity contribution in [2.75, 3.05) is 51.8 Å². The van der Waals surface area contributed by atoms with Gasteiger partial charge in [0.15, 0.2) is 0 Å². The molecule has 7 nitrogen and oxygen atoms in total. The Hall–Kier alpha value is -3.34. The fourth-order valence-corrected chi connectivity index (χ4v) is 4.11. The summed E-state index contributed by atoms with van der Waals surface area (Å²) in [7, 11) is 1.71. The number of nitrogens with zero attached hydrogens (tertiary/aromatic N) is 2. The number of hydrogen-bond donors (Lipinski definition) is 2. The first-order chi connectivity index (χ1) is 17.2. The molecule has 1 heterocycles. The van der Waals surface area contributed by atoms with Crippen LogP contribution in [0.25, 0.3) is 0 Å². The van der Waals surface area contributed by atoms with E-state index < -0.39 is 24.5 Å². The van der Waals surface area contributed by atoms with Crippen LogP contribution in [0.2, 0.25) is 0 Å². The smallest absolute Gasteiger partial charge is 0.416 e. The van der Waals surface area contributed by atoms with Crippen LogP contribution >= 0.6 is 0 Å². The number of carbonyl (C=O) groups excluding carboxylic acids is 2. The summed E-state index contributed by atoms with van der Waals surface area (Å²) in [6.45, 7) is 0.0485. The fraction of sp³-hybridized carbons (Fsp3) is 0.440. The number of halogens is 4. The molecule has 1 aliphatic heterocycles. The van der Waals surface area contributed by atoms with E-state index in [1.807, 2.05) is 12.1 Å². The van der Waals surface area contributed by atoms with Crippen molar-refractivity contribution in [3.05, 3.63) is 64.7 Å². The number of rotatable bonds is 10. The van der Waals surface area contributed by atoms with Gasteiger partial charge in [0.05, 0.1) is 12.1 Å². The Kier molecular flexibility index (Phi) is 9.51. The molecule has 11 heteroatoms. The summed E-state index contributed by atoms with van der Waals surface area (Å²) in [6, 6.07) is 10.7. The second kappa shape index (κ2) is 12.6. The van der Waals surface area contributed by atoms with Crippen molar-refractivity contribution in [3.63, 3.8) is 0 Å². The highest BCUT2D eigenvalue weighted by Gasteiger charge is 2.33. The highest BCUT2D eigenvalue weighted by Crippen LogP contribution is 2.32. The van der Waals surface area contributed by atoms with Crippen molar-refractivity contribution in [1.82, 2.24) is 15.1 Å². The van der Waals surface area contributed by atoms with Gasteiger partial charge in [0.25, 0.3) is 0 Å². The van der Waals surface area contributed by atoms with Gasteiger partial charge >= 0.3 is 12.3 Å². The van der Waals surface area contributed by atoms with Gasteiger partial charge in [-0.05, 0) is 42.3 Å². The standard InChI is InChI=1S/C25H30F4N4O3/c1-30-11-13-32(17-19-5-2-3-7-21(19)25(27,28)29)23(34)15-31-22-8-4-6-18-16-33(12-9-20(18)22)24(35)36-14-10-26/h2-8,30-31H,9-17H2,1H3. The van der Waals surface area contributed by atoms with E-state index >= 15 is 0 Å². The van der Waals surface area contributed by atoms with E-state index in [1.54, 1.807) is 13.1 Å². The first-order valence-electron chi connectivity index (χ1n) is 11.6. The minimum atomic E-state index is -4.51. The molecule has 0 bridgehead atoms. The maximum atomic E-state index is 13.4. The molecule has 2 amide bonds. The number of likely N-dealkylation sites (N-methyl/N-ethyl adjacent to an activating group) is 1. The van der Waals surface area contributed by atoms with Crippen LogP contribution in [0.5, 0.6) is 0 Å². The van der Waals surface area contributed by atoms with Gasteiger partial charge in [0.2, 0.25) is 5.91 Å². The average Bonchev–Trinajstić information content (AvgIpc) is 2.87. The highest BCUT2D eigenvalue weighted by atomic mass is 19.4. The second-order valence-corrected chi connectivity index (χ2v) is 8.35. The van der Waals surface area contributed by atoms with Crippen molar-refractivity contribution in [2.45, 2.75) is 25.7 Å². The number of fused-ring (bicyclic) bond motifs is 1. The molecule has 0 fully saturated rings. The van der Waals surface area contributed by atoms with E-state index in [0.29, 0.717) is 26.1 Å². The van der Waals surface area contributed by atoms with Gasteiger partial charge in [-0.3, -0.25) is 4.79 Å². The summed E-state index contributed by atoms with van der Waals surface area (Å²) < 4.78 is 57.5. The quantitative estimate of drug-likeness (QED) is 0.476. The van der Waals surface area contributed by atoms with Crippen LogP contribution < -0.4 is 10.6 Å². The molecule has 2 aromatic carbocycles. The lowest BCUT2D eigenvalue weighted by Crippen LogP contribution is -2.40. The topological polar surface area (TPSA) is 73.9 Å². The number of ether oxygens (including phenoxy) is 1. The van der Waals surface area contributed by atoms with Crippen molar-refractivity contribution in [1.29, 1.82) is 0 Å². The van der Waals surface area contributed by atoms with E-state index in [4.69, 9.17) is 4.74 Å². The number of anilines is 1. The Balaban J connectivity index is 1.69. The Morgan fingerprint density at radius 2 is 1.92 bits per heavy atom. The predicted molar refractivity (Wildman–Crippen MR) is 127 cm³/mol. The lowest BCUT2D eigenvalue weighted by molar-refractivity contribution is -0.139. The van der Waals surface area contributed by atoms with E-state index in [9.17, 15) is 27.2 Å². The number of benzene rings is 2. The summed E-state index contributed by atoms with van der Waals surface area (Å²) in [5, 5.41) is 6.04. The molecule has 36 heavy (non-hydrogen) atoms. The molecule has 1 aliphatic rings. The van der Waals surface area contributed by atoms with E-state index in [0.717, 1.165) is 22.9 Å². The molecule has 0 atom stereocenters.